The lowest BCUT2D eigenvalue weighted by Gasteiger charge is -2.10. The SMILES string of the molecule is CCc1ccccc1NC(=O)CSc1nnc(-c2cccc([N+](=O)[O-])c2)n1CC. The minimum Gasteiger partial charge on any atom is -0.325 e. The van der Waals surface area contributed by atoms with Crippen molar-refractivity contribution in [1.82, 2.24) is 14.8 Å². The van der Waals surface area contributed by atoms with Crippen molar-refractivity contribution in [3.8, 4) is 11.4 Å². The summed E-state index contributed by atoms with van der Waals surface area (Å²) < 4.78 is 1.84. The summed E-state index contributed by atoms with van der Waals surface area (Å²) in [5.74, 6) is 0.597. The minimum absolute atomic E-state index is 0.00340. The van der Waals surface area contributed by atoms with Gasteiger partial charge in [0.1, 0.15) is 0 Å². The van der Waals surface area contributed by atoms with Gasteiger partial charge in [-0.15, -0.1) is 10.2 Å². The number of hydrogen-bond acceptors (Lipinski definition) is 6. The molecule has 0 aliphatic carbocycles. The van der Waals surface area contributed by atoms with Crippen molar-refractivity contribution in [3.63, 3.8) is 0 Å². The first-order valence-corrected chi connectivity index (χ1v) is 10.2. The van der Waals surface area contributed by atoms with E-state index in [4.69, 9.17) is 0 Å². The zero-order valence-electron chi connectivity index (χ0n) is 16.2. The van der Waals surface area contributed by atoms with Crippen molar-refractivity contribution in [2.75, 3.05) is 11.1 Å². The highest BCUT2D eigenvalue weighted by atomic mass is 32.2. The molecule has 8 nitrogen and oxygen atoms in total. The molecule has 0 aliphatic heterocycles. The van der Waals surface area contributed by atoms with Crippen LogP contribution in [0.2, 0.25) is 0 Å². The van der Waals surface area contributed by atoms with Crippen LogP contribution < -0.4 is 5.32 Å². The number of rotatable bonds is 8. The average molecular weight is 411 g/mol. The second-order valence-electron chi connectivity index (χ2n) is 6.21. The number of carbonyl (C=O) groups excluding carboxylic acids is 1. The number of anilines is 1. The Kier molecular flexibility index (Phi) is 6.61. The lowest BCUT2D eigenvalue weighted by atomic mass is 10.1. The third kappa shape index (κ3) is 4.80. The van der Waals surface area contributed by atoms with Crippen molar-refractivity contribution in [3.05, 3.63) is 64.2 Å². The number of aromatic nitrogens is 3. The van der Waals surface area contributed by atoms with Gasteiger partial charge in [-0.2, -0.15) is 0 Å². The molecule has 3 rings (SSSR count). The van der Waals surface area contributed by atoms with E-state index in [0.717, 1.165) is 17.7 Å². The first kappa shape index (κ1) is 20.5. The fraction of sp³-hybridized carbons (Fsp3) is 0.250. The summed E-state index contributed by atoms with van der Waals surface area (Å²) in [7, 11) is 0. The number of aryl methyl sites for hydroxylation is 1. The van der Waals surface area contributed by atoms with Crippen LogP contribution in [0.1, 0.15) is 19.4 Å². The highest BCUT2D eigenvalue weighted by molar-refractivity contribution is 7.99. The first-order valence-electron chi connectivity index (χ1n) is 9.22. The molecule has 0 saturated carbocycles. The first-order chi connectivity index (χ1) is 14.0. The van der Waals surface area contributed by atoms with Gasteiger partial charge in [0.2, 0.25) is 5.91 Å². The Morgan fingerprint density at radius 1 is 1.17 bits per heavy atom. The van der Waals surface area contributed by atoms with Gasteiger partial charge in [0, 0.05) is 29.9 Å². The second-order valence-corrected chi connectivity index (χ2v) is 7.15. The molecule has 29 heavy (non-hydrogen) atoms. The number of amides is 1. The van der Waals surface area contributed by atoms with Crippen LogP contribution in [0.25, 0.3) is 11.4 Å². The fourth-order valence-electron chi connectivity index (χ4n) is 2.92. The molecule has 9 heteroatoms. The van der Waals surface area contributed by atoms with Crippen molar-refractivity contribution < 1.29 is 9.72 Å². The molecule has 1 aromatic heterocycles. The molecule has 1 amide bonds. The standard InChI is InChI=1S/C20H21N5O3S/c1-3-14-8-5-6-11-17(14)21-18(26)13-29-20-23-22-19(24(20)4-2)15-9-7-10-16(12-15)25(27)28/h5-12H,3-4,13H2,1-2H3,(H,21,26). The number of nitrogens with one attached hydrogen (secondary N) is 1. The number of nitro benzene ring substituents is 1. The Hall–Kier alpha value is -3.20. The number of para-hydroxylation sites is 1. The summed E-state index contributed by atoms with van der Waals surface area (Å²) in [4.78, 5) is 23.0. The maximum atomic E-state index is 12.4. The molecule has 0 radical (unpaired) electrons. The smallest absolute Gasteiger partial charge is 0.270 e. The van der Waals surface area contributed by atoms with E-state index < -0.39 is 4.92 Å². The van der Waals surface area contributed by atoms with Crippen LogP contribution in [0.3, 0.4) is 0 Å². The van der Waals surface area contributed by atoms with Crippen molar-refractivity contribution in [2.24, 2.45) is 0 Å². The quantitative estimate of drug-likeness (QED) is 0.339. The molecular formula is C20H21N5O3S. The van der Waals surface area contributed by atoms with E-state index in [-0.39, 0.29) is 17.3 Å². The number of hydrogen-bond donors (Lipinski definition) is 1. The Morgan fingerprint density at radius 3 is 2.69 bits per heavy atom. The Balaban J connectivity index is 1.73. The second kappa shape index (κ2) is 9.33. The van der Waals surface area contributed by atoms with Crippen molar-refractivity contribution in [2.45, 2.75) is 32.0 Å². The number of nitro groups is 1. The van der Waals surface area contributed by atoms with Crippen LogP contribution >= 0.6 is 11.8 Å². The van der Waals surface area contributed by atoms with Gasteiger partial charge >= 0.3 is 0 Å². The normalized spacial score (nSPS) is 10.7. The van der Waals surface area contributed by atoms with Crippen LogP contribution in [0.15, 0.2) is 53.7 Å². The summed E-state index contributed by atoms with van der Waals surface area (Å²) in [6.45, 7) is 4.55. The molecule has 3 aromatic rings. The van der Waals surface area contributed by atoms with E-state index in [1.165, 1.54) is 23.9 Å². The fourth-order valence-corrected chi connectivity index (χ4v) is 3.72. The summed E-state index contributed by atoms with van der Waals surface area (Å²) in [6, 6.07) is 14.0. The van der Waals surface area contributed by atoms with Crippen molar-refractivity contribution >= 4 is 29.0 Å². The zero-order chi connectivity index (χ0) is 20.8. The highest BCUT2D eigenvalue weighted by Gasteiger charge is 2.17. The van der Waals surface area contributed by atoms with Gasteiger partial charge in [0.05, 0.1) is 10.7 Å². The molecule has 1 N–H and O–H groups in total. The van der Waals surface area contributed by atoms with E-state index in [2.05, 4.69) is 15.5 Å². The summed E-state index contributed by atoms with van der Waals surface area (Å²) in [6.07, 6.45) is 0.834. The van der Waals surface area contributed by atoms with E-state index in [1.807, 2.05) is 42.7 Å². The average Bonchev–Trinajstić information content (AvgIpc) is 3.15. The van der Waals surface area contributed by atoms with E-state index in [9.17, 15) is 14.9 Å². The predicted octanol–water partition coefficient (Wildman–Crippen LogP) is 4.17. The topological polar surface area (TPSA) is 103 Å². The van der Waals surface area contributed by atoms with Crippen LogP contribution in [0.5, 0.6) is 0 Å². The number of carbonyl (C=O) groups is 1. The van der Waals surface area contributed by atoms with Crippen molar-refractivity contribution in [1.29, 1.82) is 0 Å². The van der Waals surface area contributed by atoms with Gasteiger partial charge in [-0.1, -0.05) is 49.0 Å². The lowest BCUT2D eigenvalue weighted by Crippen LogP contribution is -2.15. The lowest BCUT2D eigenvalue weighted by molar-refractivity contribution is -0.384. The molecule has 0 spiro atoms. The number of nitrogens with zero attached hydrogens (tertiary/aromatic N) is 4. The molecule has 0 atom stereocenters. The molecule has 1 heterocycles. The van der Waals surface area contributed by atoms with Crippen LogP contribution in [0, 0.1) is 10.1 Å². The van der Waals surface area contributed by atoms with Gasteiger partial charge < -0.3 is 9.88 Å². The van der Waals surface area contributed by atoms with Gasteiger partial charge in [-0.05, 0) is 25.0 Å². The molecule has 0 saturated heterocycles. The van der Waals surface area contributed by atoms with Gasteiger partial charge in [-0.3, -0.25) is 14.9 Å². The molecule has 0 unspecified atom stereocenters. The molecule has 150 valence electrons. The van der Waals surface area contributed by atoms with Gasteiger partial charge in [0.15, 0.2) is 11.0 Å². The monoisotopic (exact) mass is 411 g/mol. The number of benzene rings is 2. The molecule has 2 aromatic carbocycles. The minimum atomic E-state index is -0.440. The Labute approximate surface area is 172 Å². The Bertz CT molecular complexity index is 1030. The highest BCUT2D eigenvalue weighted by Crippen LogP contribution is 2.26. The zero-order valence-corrected chi connectivity index (χ0v) is 17.0. The third-order valence-electron chi connectivity index (χ3n) is 4.35. The van der Waals surface area contributed by atoms with Crippen LogP contribution in [-0.4, -0.2) is 31.3 Å². The maximum Gasteiger partial charge on any atom is 0.270 e. The van der Waals surface area contributed by atoms with Crippen LogP contribution in [-0.2, 0) is 17.8 Å². The summed E-state index contributed by atoms with van der Waals surface area (Å²) >= 11 is 1.28. The van der Waals surface area contributed by atoms with E-state index in [1.54, 1.807) is 12.1 Å². The molecule has 0 aliphatic rings. The van der Waals surface area contributed by atoms with Gasteiger partial charge in [-0.25, -0.2) is 0 Å². The molecule has 0 fully saturated rings. The summed E-state index contributed by atoms with van der Waals surface area (Å²) in [5.41, 5.74) is 2.50. The third-order valence-corrected chi connectivity index (χ3v) is 5.32. The summed E-state index contributed by atoms with van der Waals surface area (Å²) in [5, 5.41) is 22.9. The number of thioether (sulfide) groups is 1. The van der Waals surface area contributed by atoms with E-state index >= 15 is 0 Å². The van der Waals surface area contributed by atoms with Gasteiger partial charge in [0.25, 0.3) is 5.69 Å². The Morgan fingerprint density at radius 2 is 1.97 bits per heavy atom. The largest absolute Gasteiger partial charge is 0.325 e. The maximum absolute atomic E-state index is 12.4. The predicted molar refractivity (Wildman–Crippen MR) is 113 cm³/mol. The molecular weight excluding hydrogens is 390 g/mol. The van der Waals surface area contributed by atoms with E-state index in [0.29, 0.717) is 23.1 Å². The molecule has 0 bridgehead atoms. The number of non-ortho nitro benzene ring substituents is 1. The van der Waals surface area contributed by atoms with Crippen LogP contribution in [0.4, 0.5) is 11.4 Å².